The van der Waals surface area contributed by atoms with Crippen LogP contribution in [0.2, 0.25) is 0 Å². The number of ether oxygens (including phenoxy) is 2. The minimum Gasteiger partial charge on any atom is -0.441 e. The van der Waals surface area contributed by atoms with E-state index in [1.54, 1.807) is 14.2 Å². The molecule has 0 saturated heterocycles. The zero-order valence-electron chi connectivity index (χ0n) is 8.98. The van der Waals surface area contributed by atoms with Gasteiger partial charge in [0.2, 0.25) is 0 Å². The summed E-state index contributed by atoms with van der Waals surface area (Å²) in [6, 6.07) is 5.68. The van der Waals surface area contributed by atoms with Crippen molar-refractivity contribution in [1.29, 1.82) is 0 Å². The van der Waals surface area contributed by atoms with Crippen LogP contribution in [-0.4, -0.2) is 19.2 Å². The van der Waals surface area contributed by atoms with E-state index in [1.165, 1.54) is 0 Å². The van der Waals surface area contributed by atoms with Crippen molar-refractivity contribution in [2.75, 3.05) is 14.2 Å². The molecule has 15 heavy (non-hydrogen) atoms. The van der Waals surface area contributed by atoms with Gasteiger partial charge in [-0.05, 0) is 12.1 Å². The number of rotatable bonds is 3. The second-order valence-electron chi connectivity index (χ2n) is 3.26. The molecular formula is C11H13NO3. The molecule has 1 aromatic heterocycles. The molecule has 0 bridgehead atoms. The van der Waals surface area contributed by atoms with Crippen molar-refractivity contribution in [1.82, 2.24) is 4.98 Å². The van der Waals surface area contributed by atoms with E-state index in [1.807, 2.05) is 25.1 Å². The molecule has 0 N–H and O–H groups in total. The molecule has 2 rings (SSSR count). The fourth-order valence-electron chi connectivity index (χ4n) is 1.57. The Bertz CT molecular complexity index is 460. The molecule has 0 spiro atoms. The fraction of sp³-hybridized carbons (Fsp3) is 0.364. The smallest absolute Gasteiger partial charge is 0.192 e. The summed E-state index contributed by atoms with van der Waals surface area (Å²) in [6.45, 7) is 1.82. The number of aromatic nitrogens is 1. The maximum absolute atomic E-state index is 5.38. The normalized spacial score (nSPS) is 11.5. The highest BCUT2D eigenvalue weighted by atomic mass is 16.7. The maximum Gasteiger partial charge on any atom is 0.192 e. The van der Waals surface area contributed by atoms with Gasteiger partial charge in [0, 0.05) is 26.7 Å². The van der Waals surface area contributed by atoms with Gasteiger partial charge in [0.05, 0.1) is 0 Å². The predicted octanol–water partition coefficient (Wildman–Crippen LogP) is 2.43. The maximum atomic E-state index is 5.38. The lowest BCUT2D eigenvalue weighted by molar-refractivity contribution is -0.105. The first kappa shape index (κ1) is 10.1. The topological polar surface area (TPSA) is 44.5 Å². The highest BCUT2D eigenvalue weighted by Gasteiger charge is 2.11. The van der Waals surface area contributed by atoms with E-state index in [2.05, 4.69) is 4.98 Å². The van der Waals surface area contributed by atoms with Gasteiger partial charge in [-0.2, -0.15) is 0 Å². The van der Waals surface area contributed by atoms with Crippen LogP contribution in [-0.2, 0) is 9.47 Å². The highest BCUT2D eigenvalue weighted by Crippen LogP contribution is 2.22. The third kappa shape index (κ3) is 1.86. The highest BCUT2D eigenvalue weighted by molar-refractivity contribution is 5.73. The Morgan fingerprint density at radius 1 is 1.27 bits per heavy atom. The van der Waals surface area contributed by atoms with E-state index in [-0.39, 0.29) is 6.29 Å². The van der Waals surface area contributed by atoms with Gasteiger partial charge < -0.3 is 13.9 Å². The molecule has 0 saturated carbocycles. The summed E-state index contributed by atoms with van der Waals surface area (Å²) in [6.07, 6.45) is -0.355. The minimum absolute atomic E-state index is 0.355. The Hall–Kier alpha value is -1.39. The van der Waals surface area contributed by atoms with E-state index < -0.39 is 0 Å². The van der Waals surface area contributed by atoms with Crippen molar-refractivity contribution in [3.63, 3.8) is 0 Å². The van der Waals surface area contributed by atoms with Crippen molar-refractivity contribution in [3.8, 4) is 0 Å². The van der Waals surface area contributed by atoms with Crippen LogP contribution < -0.4 is 0 Å². The number of hydrogen-bond donors (Lipinski definition) is 0. The van der Waals surface area contributed by atoms with Gasteiger partial charge >= 0.3 is 0 Å². The number of aryl methyl sites for hydroxylation is 1. The van der Waals surface area contributed by atoms with Crippen molar-refractivity contribution >= 4 is 11.1 Å². The van der Waals surface area contributed by atoms with Crippen LogP contribution >= 0.6 is 0 Å². The SMILES string of the molecule is COC(OC)c1ccc2oc(C)nc2c1. The molecule has 1 aromatic carbocycles. The summed E-state index contributed by atoms with van der Waals surface area (Å²) in [4.78, 5) is 4.25. The van der Waals surface area contributed by atoms with Crippen LogP contribution in [0.5, 0.6) is 0 Å². The van der Waals surface area contributed by atoms with E-state index in [9.17, 15) is 0 Å². The zero-order valence-corrected chi connectivity index (χ0v) is 8.98. The third-order valence-corrected chi connectivity index (χ3v) is 2.22. The summed E-state index contributed by atoms with van der Waals surface area (Å²) in [7, 11) is 3.21. The van der Waals surface area contributed by atoms with Gasteiger partial charge in [-0.1, -0.05) is 6.07 Å². The molecule has 0 aliphatic carbocycles. The monoisotopic (exact) mass is 207 g/mol. The Kier molecular flexibility index (Phi) is 2.70. The largest absolute Gasteiger partial charge is 0.441 e. The molecule has 0 aliphatic rings. The van der Waals surface area contributed by atoms with Gasteiger partial charge in [-0.15, -0.1) is 0 Å². The van der Waals surface area contributed by atoms with Crippen LogP contribution in [0.3, 0.4) is 0 Å². The van der Waals surface area contributed by atoms with Gasteiger partial charge in [0.1, 0.15) is 5.52 Å². The minimum atomic E-state index is -0.355. The molecule has 0 radical (unpaired) electrons. The molecule has 0 atom stereocenters. The van der Waals surface area contributed by atoms with Gasteiger partial charge in [-0.3, -0.25) is 0 Å². The Labute approximate surface area is 87.8 Å². The Balaban J connectivity index is 2.45. The lowest BCUT2D eigenvalue weighted by atomic mass is 10.2. The molecule has 4 heteroatoms. The fourth-order valence-corrected chi connectivity index (χ4v) is 1.57. The van der Waals surface area contributed by atoms with E-state index in [0.717, 1.165) is 16.7 Å². The summed E-state index contributed by atoms with van der Waals surface area (Å²) < 4.78 is 15.7. The lowest BCUT2D eigenvalue weighted by Crippen LogP contribution is -2.03. The van der Waals surface area contributed by atoms with E-state index in [4.69, 9.17) is 13.9 Å². The molecule has 0 unspecified atom stereocenters. The third-order valence-electron chi connectivity index (χ3n) is 2.22. The summed E-state index contributed by atoms with van der Waals surface area (Å²) in [5, 5.41) is 0. The van der Waals surface area contributed by atoms with E-state index >= 15 is 0 Å². The Morgan fingerprint density at radius 2 is 2.00 bits per heavy atom. The van der Waals surface area contributed by atoms with Crippen molar-refractivity contribution in [3.05, 3.63) is 29.7 Å². The molecule has 2 aromatic rings. The van der Waals surface area contributed by atoms with Crippen LogP contribution in [0.1, 0.15) is 17.7 Å². The van der Waals surface area contributed by atoms with Crippen LogP contribution in [0, 0.1) is 6.92 Å². The quantitative estimate of drug-likeness (QED) is 0.725. The second-order valence-corrected chi connectivity index (χ2v) is 3.26. The number of methoxy groups -OCH3 is 2. The number of nitrogens with zero attached hydrogens (tertiary/aromatic N) is 1. The summed E-state index contributed by atoms with van der Waals surface area (Å²) in [5.74, 6) is 0.661. The first-order valence-corrected chi connectivity index (χ1v) is 4.67. The van der Waals surface area contributed by atoms with Gasteiger partial charge in [0.15, 0.2) is 17.8 Å². The standard InChI is InChI=1S/C11H13NO3/c1-7-12-9-6-8(11(13-2)14-3)4-5-10(9)15-7/h4-6,11H,1-3H3. The molecule has 4 nitrogen and oxygen atoms in total. The van der Waals surface area contributed by atoms with Crippen LogP contribution in [0.15, 0.2) is 22.6 Å². The Morgan fingerprint density at radius 3 is 2.67 bits per heavy atom. The molecule has 1 heterocycles. The molecule has 80 valence electrons. The number of benzene rings is 1. The zero-order chi connectivity index (χ0) is 10.8. The summed E-state index contributed by atoms with van der Waals surface area (Å²) in [5.41, 5.74) is 2.53. The first-order valence-electron chi connectivity index (χ1n) is 4.67. The molecule has 0 aliphatic heterocycles. The van der Waals surface area contributed by atoms with Gasteiger partial charge in [-0.25, -0.2) is 4.98 Å². The van der Waals surface area contributed by atoms with E-state index in [0.29, 0.717) is 5.89 Å². The van der Waals surface area contributed by atoms with Crippen LogP contribution in [0.4, 0.5) is 0 Å². The van der Waals surface area contributed by atoms with Gasteiger partial charge in [0.25, 0.3) is 0 Å². The average molecular weight is 207 g/mol. The number of hydrogen-bond acceptors (Lipinski definition) is 4. The number of oxazole rings is 1. The molecule has 0 fully saturated rings. The molecular weight excluding hydrogens is 194 g/mol. The summed E-state index contributed by atoms with van der Waals surface area (Å²) >= 11 is 0. The van der Waals surface area contributed by atoms with Crippen molar-refractivity contribution in [2.24, 2.45) is 0 Å². The predicted molar refractivity (Wildman–Crippen MR) is 55.5 cm³/mol. The van der Waals surface area contributed by atoms with Crippen molar-refractivity contribution < 1.29 is 13.9 Å². The second kappa shape index (κ2) is 4.00. The van der Waals surface area contributed by atoms with Crippen molar-refractivity contribution in [2.45, 2.75) is 13.2 Å². The lowest BCUT2D eigenvalue weighted by Gasteiger charge is -2.12. The number of fused-ring (bicyclic) bond motifs is 1. The van der Waals surface area contributed by atoms with Crippen LogP contribution in [0.25, 0.3) is 11.1 Å². The average Bonchev–Trinajstić information content (AvgIpc) is 2.59. The molecule has 0 amide bonds. The first-order chi connectivity index (χ1) is 7.24.